The summed E-state index contributed by atoms with van der Waals surface area (Å²) < 4.78 is 0. The highest BCUT2D eigenvalue weighted by atomic mass is 14.9. The molecule has 0 saturated carbocycles. The van der Waals surface area contributed by atoms with Crippen LogP contribution in [0.3, 0.4) is 0 Å². The van der Waals surface area contributed by atoms with Crippen LogP contribution >= 0.6 is 0 Å². The van der Waals surface area contributed by atoms with E-state index >= 15 is 0 Å². The highest BCUT2D eigenvalue weighted by Crippen LogP contribution is 2.27. The second kappa shape index (κ2) is 9.35. The molecule has 0 aromatic heterocycles. The van der Waals surface area contributed by atoms with E-state index in [4.69, 9.17) is 0 Å². The molecule has 0 aliphatic rings. The second-order valence-electron chi connectivity index (χ2n) is 9.32. The lowest BCUT2D eigenvalue weighted by Gasteiger charge is -2.26. The van der Waals surface area contributed by atoms with Crippen LogP contribution in [0.5, 0.6) is 0 Å². The zero-order valence-corrected chi connectivity index (χ0v) is 17.8. The van der Waals surface area contributed by atoms with E-state index < -0.39 is 0 Å². The quantitative estimate of drug-likeness (QED) is 0.430. The van der Waals surface area contributed by atoms with Gasteiger partial charge in [-0.3, -0.25) is 0 Å². The molecule has 3 N–H and O–H groups in total. The van der Waals surface area contributed by atoms with Gasteiger partial charge >= 0.3 is 0 Å². The molecule has 0 unspecified atom stereocenters. The average molecular weight is 348 g/mol. The van der Waals surface area contributed by atoms with E-state index in [0.717, 1.165) is 19.6 Å². The second-order valence-corrected chi connectivity index (χ2v) is 9.32. The number of benzene rings is 1. The minimum absolute atomic E-state index is 0.305. The van der Waals surface area contributed by atoms with Crippen molar-refractivity contribution in [1.82, 2.24) is 0 Å². The number of anilines is 3. The zero-order chi connectivity index (χ0) is 19.1. The van der Waals surface area contributed by atoms with Gasteiger partial charge in [-0.2, -0.15) is 0 Å². The monoisotopic (exact) mass is 347 g/mol. The SMILES string of the molecule is CCC(C)(C)CNc1cc(NCC(C)C)cc(NCC(C)(C)CC)c1. The van der Waals surface area contributed by atoms with Gasteiger partial charge in [-0.15, -0.1) is 0 Å². The lowest BCUT2D eigenvalue weighted by molar-refractivity contribution is 0.376. The zero-order valence-electron chi connectivity index (χ0n) is 17.8. The normalized spacial score (nSPS) is 12.4. The fourth-order valence-corrected chi connectivity index (χ4v) is 2.19. The molecular weight excluding hydrogens is 306 g/mol. The first-order valence-corrected chi connectivity index (χ1v) is 9.93. The van der Waals surface area contributed by atoms with Crippen LogP contribution in [0.25, 0.3) is 0 Å². The third-order valence-corrected chi connectivity index (χ3v) is 5.10. The topological polar surface area (TPSA) is 36.1 Å². The Morgan fingerprint density at radius 1 is 0.720 bits per heavy atom. The summed E-state index contributed by atoms with van der Waals surface area (Å²) in [5.41, 5.74) is 4.17. The first-order chi connectivity index (χ1) is 11.6. The van der Waals surface area contributed by atoms with Crippen LogP contribution in [0.1, 0.15) is 68.2 Å². The smallest absolute Gasteiger partial charge is 0.0381 e. The number of hydrogen-bond acceptors (Lipinski definition) is 3. The van der Waals surface area contributed by atoms with Gasteiger partial charge in [-0.1, -0.05) is 55.4 Å². The minimum Gasteiger partial charge on any atom is -0.385 e. The van der Waals surface area contributed by atoms with Gasteiger partial charge in [0.15, 0.2) is 0 Å². The molecule has 0 radical (unpaired) electrons. The maximum absolute atomic E-state index is 3.64. The summed E-state index contributed by atoms with van der Waals surface area (Å²) in [6.45, 7) is 21.2. The Morgan fingerprint density at radius 3 is 1.40 bits per heavy atom. The van der Waals surface area contributed by atoms with Gasteiger partial charge < -0.3 is 16.0 Å². The Bertz CT molecular complexity index is 480. The van der Waals surface area contributed by atoms with E-state index in [1.165, 1.54) is 29.9 Å². The summed E-state index contributed by atoms with van der Waals surface area (Å²) >= 11 is 0. The average Bonchev–Trinajstić information content (AvgIpc) is 2.56. The Balaban J connectivity index is 2.90. The molecule has 3 heteroatoms. The van der Waals surface area contributed by atoms with E-state index in [2.05, 4.69) is 89.5 Å². The number of rotatable bonds is 11. The van der Waals surface area contributed by atoms with Crippen molar-refractivity contribution < 1.29 is 0 Å². The molecule has 1 aromatic rings. The van der Waals surface area contributed by atoms with Crippen LogP contribution < -0.4 is 16.0 Å². The van der Waals surface area contributed by atoms with Crippen LogP contribution in [0, 0.1) is 16.7 Å². The molecule has 0 fully saturated rings. The molecule has 0 bridgehead atoms. The van der Waals surface area contributed by atoms with Gasteiger partial charge in [0.05, 0.1) is 0 Å². The van der Waals surface area contributed by atoms with Gasteiger partial charge in [0.25, 0.3) is 0 Å². The van der Waals surface area contributed by atoms with E-state index in [0.29, 0.717) is 16.7 Å². The summed E-state index contributed by atoms with van der Waals surface area (Å²) in [6.07, 6.45) is 2.34. The van der Waals surface area contributed by atoms with Crippen LogP contribution in [0.4, 0.5) is 17.1 Å². The summed E-state index contributed by atoms with van der Waals surface area (Å²) in [5.74, 6) is 0.631. The molecule has 0 aliphatic carbocycles. The van der Waals surface area contributed by atoms with E-state index in [-0.39, 0.29) is 0 Å². The first kappa shape index (κ1) is 21.7. The molecule has 0 saturated heterocycles. The van der Waals surface area contributed by atoms with Crippen molar-refractivity contribution in [3.8, 4) is 0 Å². The lowest BCUT2D eigenvalue weighted by Crippen LogP contribution is -2.23. The summed E-state index contributed by atoms with van der Waals surface area (Å²) in [4.78, 5) is 0. The summed E-state index contributed by atoms with van der Waals surface area (Å²) in [5, 5.41) is 10.8. The largest absolute Gasteiger partial charge is 0.385 e. The highest BCUT2D eigenvalue weighted by Gasteiger charge is 2.16. The molecule has 0 aliphatic heterocycles. The summed E-state index contributed by atoms with van der Waals surface area (Å²) in [7, 11) is 0. The molecule has 0 spiro atoms. The van der Waals surface area contributed by atoms with Crippen molar-refractivity contribution in [3.05, 3.63) is 18.2 Å². The van der Waals surface area contributed by atoms with Crippen LogP contribution in [-0.2, 0) is 0 Å². The Labute approximate surface area is 156 Å². The molecule has 0 amide bonds. The van der Waals surface area contributed by atoms with E-state index in [1.807, 2.05) is 0 Å². The molecule has 1 aromatic carbocycles. The molecule has 0 atom stereocenters. The molecule has 144 valence electrons. The lowest BCUT2D eigenvalue weighted by atomic mass is 9.90. The van der Waals surface area contributed by atoms with Crippen molar-refractivity contribution in [3.63, 3.8) is 0 Å². The summed E-state index contributed by atoms with van der Waals surface area (Å²) in [6, 6.07) is 6.69. The van der Waals surface area contributed by atoms with Crippen molar-refractivity contribution in [2.75, 3.05) is 35.6 Å². The predicted octanol–water partition coefficient (Wildman–Crippen LogP) is 6.45. The van der Waals surface area contributed by atoms with Crippen LogP contribution in [0.15, 0.2) is 18.2 Å². The Morgan fingerprint density at radius 2 is 1.08 bits per heavy atom. The van der Waals surface area contributed by atoms with Gasteiger partial charge in [0.2, 0.25) is 0 Å². The fraction of sp³-hybridized carbons (Fsp3) is 0.727. The Hall–Kier alpha value is -1.38. The van der Waals surface area contributed by atoms with Crippen LogP contribution in [-0.4, -0.2) is 19.6 Å². The molecule has 3 nitrogen and oxygen atoms in total. The van der Waals surface area contributed by atoms with Gasteiger partial charge in [-0.05, 0) is 47.8 Å². The van der Waals surface area contributed by atoms with Crippen molar-refractivity contribution >= 4 is 17.1 Å². The third-order valence-electron chi connectivity index (χ3n) is 5.10. The van der Waals surface area contributed by atoms with Crippen molar-refractivity contribution in [2.24, 2.45) is 16.7 Å². The van der Waals surface area contributed by atoms with Crippen LogP contribution in [0.2, 0.25) is 0 Å². The predicted molar refractivity (Wildman–Crippen MR) is 115 cm³/mol. The Kier molecular flexibility index (Phi) is 8.11. The van der Waals surface area contributed by atoms with E-state index in [1.54, 1.807) is 0 Å². The molecule has 0 heterocycles. The number of nitrogens with one attached hydrogen (secondary N) is 3. The number of hydrogen-bond donors (Lipinski definition) is 3. The standard InChI is InChI=1S/C22H41N3/c1-9-21(5,6)15-24-19-11-18(23-14-17(3)4)12-20(13-19)25-16-22(7,8)10-2/h11-13,17,23-25H,9-10,14-16H2,1-8H3. The maximum Gasteiger partial charge on any atom is 0.0381 e. The third kappa shape index (κ3) is 8.51. The van der Waals surface area contributed by atoms with Gasteiger partial charge in [0, 0.05) is 36.7 Å². The highest BCUT2D eigenvalue weighted by molar-refractivity contribution is 5.67. The molecular formula is C22H41N3. The van der Waals surface area contributed by atoms with E-state index in [9.17, 15) is 0 Å². The minimum atomic E-state index is 0.305. The maximum atomic E-state index is 3.64. The van der Waals surface area contributed by atoms with Crippen molar-refractivity contribution in [2.45, 2.75) is 68.2 Å². The van der Waals surface area contributed by atoms with Crippen molar-refractivity contribution in [1.29, 1.82) is 0 Å². The first-order valence-electron chi connectivity index (χ1n) is 9.93. The fourth-order valence-electron chi connectivity index (χ4n) is 2.19. The molecule has 25 heavy (non-hydrogen) atoms. The van der Waals surface area contributed by atoms with Gasteiger partial charge in [0.1, 0.15) is 0 Å². The molecule has 1 rings (SSSR count). The van der Waals surface area contributed by atoms with Gasteiger partial charge in [-0.25, -0.2) is 0 Å².